The zero-order chi connectivity index (χ0) is 13.1. The lowest BCUT2D eigenvalue weighted by molar-refractivity contribution is 0.385. The molecule has 7 heteroatoms. The van der Waals surface area contributed by atoms with Crippen LogP contribution in [0.4, 0.5) is 4.39 Å². The SMILES string of the molecule is COc1ccc(C(NN)c2cnnn2C)cc1F. The van der Waals surface area contributed by atoms with Gasteiger partial charge in [-0.15, -0.1) is 5.10 Å². The predicted molar refractivity (Wildman–Crippen MR) is 63.1 cm³/mol. The van der Waals surface area contributed by atoms with E-state index < -0.39 is 5.82 Å². The Morgan fingerprint density at radius 1 is 1.50 bits per heavy atom. The number of nitrogens with zero attached hydrogens (tertiary/aromatic N) is 3. The molecular weight excluding hydrogens is 237 g/mol. The first-order chi connectivity index (χ1) is 8.67. The molecule has 96 valence electrons. The molecule has 0 radical (unpaired) electrons. The number of methoxy groups -OCH3 is 1. The second kappa shape index (κ2) is 5.11. The molecule has 0 aliphatic carbocycles. The fourth-order valence-electron chi connectivity index (χ4n) is 1.77. The van der Waals surface area contributed by atoms with Crippen molar-refractivity contribution in [2.24, 2.45) is 12.9 Å². The van der Waals surface area contributed by atoms with Crippen LogP contribution in [0.15, 0.2) is 24.4 Å². The zero-order valence-electron chi connectivity index (χ0n) is 10.1. The van der Waals surface area contributed by atoms with Gasteiger partial charge in [-0.05, 0) is 17.7 Å². The maximum Gasteiger partial charge on any atom is 0.165 e. The van der Waals surface area contributed by atoms with Gasteiger partial charge >= 0.3 is 0 Å². The van der Waals surface area contributed by atoms with E-state index in [4.69, 9.17) is 10.6 Å². The lowest BCUT2D eigenvalue weighted by Gasteiger charge is -2.16. The van der Waals surface area contributed by atoms with Crippen molar-refractivity contribution in [3.63, 3.8) is 0 Å². The molecule has 1 atom stereocenters. The summed E-state index contributed by atoms with van der Waals surface area (Å²) in [5.41, 5.74) is 4.02. The number of hydrazine groups is 1. The Bertz CT molecular complexity index is 542. The topological polar surface area (TPSA) is 78.0 Å². The number of benzene rings is 1. The maximum absolute atomic E-state index is 13.7. The Morgan fingerprint density at radius 3 is 2.78 bits per heavy atom. The molecule has 0 aliphatic heterocycles. The van der Waals surface area contributed by atoms with Crippen LogP contribution in [0, 0.1) is 5.82 Å². The minimum absolute atomic E-state index is 0.192. The lowest BCUT2D eigenvalue weighted by atomic mass is 10.0. The highest BCUT2D eigenvalue weighted by Gasteiger charge is 2.18. The third-order valence-electron chi connectivity index (χ3n) is 2.72. The van der Waals surface area contributed by atoms with E-state index in [1.165, 1.54) is 13.2 Å². The van der Waals surface area contributed by atoms with E-state index in [1.807, 2.05) is 0 Å². The highest BCUT2D eigenvalue weighted by atomic mass is 19.1. The average Bonchev–Trinajstić information content (AvgIpc) is 2.77. The van der Waals surface area contributed by atoms with Gasteiger partial charge in [0.15, 0.2) is 11.6 Å². The van der Waals surface area contributed by atoms with Crippen molar-refractivity contribution in [1.82, 2.24) is 20.4 Å². The molecule has 1 unspecified atom stereocenters. The number of rotatable bonds is 4. The smallest absolute Gasteiger partial charge is 0.165 e. The largest absolute Gasteiger partial charge is 0.494 e. The normalized spacial score (nSPS) is 12.4. The van der Waals surface area contributed by atoms with Crippen LogP contribution in [0.25, 0.3) is 0 Å². The van der Waals surface area contributed by atoms with Gasteiger partial charge in [-0.3, -0.25) is 10.5 Å². The van der Waals surface area contributed by atoms with E-state index >= 15 is 0 Å². The Kier molecular flexibility index (Phi) is 3.54. The number of nitrogens with one attached hydrogen (secondary N) is 1. The molecule has 0 fully saturated rings. The van der Waals surface area contributed by atoms with Gasteiger partial charge in [-0.25, -0.2) is 9.82 Å². The van der Waals surface area contributed by atoms with Gasteiger partial charge in [0.1, 0.15) is 0 Å². The molecule has 0 spiro atoms. The summed E-state index contributed by atoms with van der Waals surface area (Å²) in [4.78, 5) is 0. The van der Waals surface area contributed by atoms with Crippen LogP contribution in [-0.4, -0.2) is 22.1 Å². The molecule has 0 amide bonds. The monoisotopic (exact) mass is 251 g/mol. The molecule has 1 aromatic heterocycles. The van der Waals surface area contributed by atoms with Crippen LogP contribution in [0.5, 0.6) is 5.75 Å². The number of halogens is 1. The number of ether oxygens (including phenoxy) is 1. The average molecular weight is 251 g/mol. The van der Waals surface area contributed by atoms with E-state index in [2.05, 4.69) is 15.7 Å². The van der Waals surface area contributed by atoms with Gasteiger partial charge in [0.2, 0.25) is 0 Å². The Labute approximate surface area is 104 Å². The van der Waals surface area contributed by atoms with Crippen LogP contribution in [0.2, 0.25) is 0 Å². The standard InChI is InChI=1S/C11H14FN5O/c1-17-9(6-14-16-17)11(15-13)7-3-4-10(18-2)8(12)5-7/h3-6,11,15H,13H2,1-2H3. The molecule has 0 bridgehead atoms. The summed E-state index contributed by atoms with van der Waals surface area (Å²) < 4.78 is 20.1. The minimum Gasteiger partial charge on any atom is -0.494 e. The minimum atomic E-state index is -0.439. The summed E-state index contributed by atoms with van der Waals surface area (Å²) in [6, 6.07) is 4.28. The number of hydrogen-bond acceptors (Lipinski definition) is 5. The van der Waals surface area contributed by atoms with Crippen molar-refractivity contribution in [2.45, 2.75) is 6.04 Å². The van der Waals surface area contributed by atoms with Crippen molar-refractivity contribution in [3.05, 3.63) is 41.5 Å². The van der Waals surface area contributed by atoms with Crippen molar-refractivity contribution in [3.8, 4) is 5.75 Å². The highest BCUT2D eigenvalue weighted by molar-refractivity contribution is 5.34. The van der Waals surface area contributed by atoms with Gasteiger partial charge in [0.25, 0.3) is 0 Å². The number of nitrogens with two attached hydrogens (primary N) is 1. The molecule has 6 nitrogen and oxygen atoms in total. The van der Waals surface area contributed by atoms with E-state index in [1.54, 1.807) is 30.1 Å². The highest BCUT2D eigenvalue weighted by Crippen LogP contribution is 2.25. The Balaban J connectivity index is 2.40. The zero-order valence-corrected chi connectivity index (χ0v) is 10.1. The van der Waals surface area contributed by atoms with Crippen LogP contribution in [-0.2, 0) is 7.05 Å². The fourth-order valence-corrected chi connectivity index (χ4v) is 1.77. The summed E-state index contributed by atoms with van der Waals surface area (Å²) >= 11 is 0. The first kappa shape index (κ1) is 12.5. The summed E-state index contributed by atoms with van der Waals surface area (Å²) in [6.07, 6.45) is 1.58. The molecular formula is C11H14FN5O. The van der Waals surface area contributed by atoms with Crippen molar-refractivity contribution in [1.29, 1.82) is 0 Å². The molecule has 0 aliphatic rings. The van der Waals surface area contributed by atoms with Crippen molar-refractivity contribution in [2.75, 3.05) is 7.11 Å². The summed E-state index contributed by atoms with van der Waals surface area (Å²) in [7, 11) is 3.16. The molecule has 1 heterocycles. The van der Waals surface area contributed by atoms with Crippen molar-refractivity contribution < 1.29 is 9.13 Å². The van der Waals surface area contributed by atoms with E-state index in [9.17, 15) is 4.39 Å². The van der Waals surface area contributed by atoms with Gasteiger partial charge in [-0.1, -0.05) is 11.3 Å². The van der Waals surface area contributed by atoms with Crippen LogP contribution in [0.3, 0.4) is 0 Å². The predicted octanol–water partition coefficient (Wildman–Crippen LogP) is 0.515. The van der Waals surface area contributed by atoms with Gasteiger partial charge in [0, 0.05) is 7.05 Å². The third-order valence-corrected chi connectivity index (χ3v) is 2.72. The Hall–Kier alpha value is -1.99. The van der Waals surface area contributed by atoms with Crippen molar-refractivity contribution >= 4 is 0 Å². The van der Waals surface area contributed by atoms with Gasteiger partial charge < -0.3 is 4.74 Å². The van der Waals surface area contributed by atoms with Gasteiger partial charge in [0.05, 0.1) is 25.0 Å². The Morgan fingerprint density at radius 2 is 2.28 bits per heavy atom. The van der Waals surface area contributed by atoms with Crippen LogP contribution >= 0.6 is 0 Å². The number of aryl methyl sites for hydroxylation is 1. The van der Waals surface area contributed by atoms with E-state index in [-0.39, 0.29) is 11.8 Å². The molecule has 18 heavy (non-hydrogen) atoms. The quantitative estimate of drug-likeness (QED) is 0.611. The molecule has 2 aromatic rings. The lowest BCUT2D eigenvalue weighted by Crippen LogP contribution is -2.30. The molecule has 1 aromatic carbocycles. The summed E-state index contributed by atoms with van der Waals surface area (Å²) in [5.74, 6) is 5.27. The number of hydrogen-bond donors (Lipinski definition) is 2. The van der Waals surface area contributed by atoms with Gasteiger partial charge in [-0.2, -0.15) is 0 Å². The number of aromatic nitrogens is 3. The van der Waals surface area contributed by atoms with Crippen LogP contribution < -0.4 is 16.0 Å². The molecule has 0 saturated heterocycles. The second-order valence-electron chi connectivity index (χ2n) is 3.78. The third kappa shape index (κ3) is 2.18. The van der Waals surface area contributed by atoms with Crippen LogP contribution in [0.1, 0.15) is 17.3 Å². The molecule has 2 rings (SSSR count). The second-order valence-corrected chi connectivity index (χ2v) is 3.78. The maximum atomic E-state index is 13.7. The van der Waals surface area contributed by atoms with E-state index in [0.717, 1.165) is 5.69 Å². The van der Waals surface area contributed by atoms with E-state index in [0.29, 0.717) is 5.56 Å². The molecule has 3 N–H and O–H groups in total. The first-order valence-corrected chi connectivity index (χ1v) is 5.31. The fraction of sp³-hybridized carbons (Fsp3) is 0.273. The summed E-state index contributed by atoms with van der Waals surface area (Å²) in [6.45, 7) is 0. The first-order valence-electron chi connectivity index (χ1n) is 5.31. The summed E-state index contributed by atoms with van der Waals surface area (Å²) in [5, 5.41) is 7.59. The molecule has 0 saturated carbocycles.